The number of hydrazine groups is 1. The van der Waals surface area contributed by atoms with Gasteiger partial charge in [-0.2, -0.15) is 0 Å². The zero-order valence-corrected chi connectivity index (χ0v) is 16.5. The Balaban J connectivity index is 2.03. The highest BCUT2D eigenvalue weighted by Crippen LogP contribution is 2.28. The van der Waals surface area contributed by atoms with Crippen LogP contribution in [0.15, 0.2) is 36.4 Å². The van der Waals surface area contributed by atoms with Crippen LogP contribution in [-0.4, -0.2) is 25.0 Å². The van der Waals surface area contributed by atoms with Crippen molar-refractivity contribution in [2.75, 3.05) is 13.7 Å². The molecule has 2 aromatic rings. The number of hydrazone groups is 1. The van der Waals surface area contributed by atoms with Crippen LogP contribution >= 0.6 is 12.2 Å². The van der Waals surface area contributed by atoms with Crippen molar-refractivity contribution in [3.63, 3.8) is 0 Å². The molecule has 0 spiro atoms. The topological polar surface area (TPSA) is 56.5 Å². The predicted molar refractivity (Wildman–Crippen MR) is 109 cm³/mol. The molecule has 0 saturated heterocycles. The third-order valence-corrected chi connectivity index (χ3v) is 3.87. The Morgan fingerprint density at radius 3 is 2.50 bits per heavy atom. The molecule has 26 heavy (non-hydrogen) atoms. The van der Waals surface area contributed by atoms with E-state index in [-0.39, 0.29) is 0 Å². The van der Waals surface area contributed by atoms with Gasteiger partial charge in [0.2, 0.25) is 5.11 Å². The van der Waals surface area contributed by atoms with Gasteiger partial charge in [-0.3, -0.25) is 0 Å². The number of methoxy groups -OCH3 is 1. The molecule has 5 nitrogen and oxygen atoms in total. The highest BCUT2D eigenvalue weighted by Gasteiger charge is 2.07. The number of ether oxygens (including phenoxy) is 2. The Hall–Kier alpha value is -2.60. The molecule has 0 amide bonds. The highest BCUT2D eigenvalue weighted by atomic mass is 32.1. The van der Waals surface area contributed by atoms with Gasteiger partial charge in [0.15, 0.2) is 17.7 Å². The minimum Gasteiger partial charge on any atom is -0.493 e. The van der Waals surface area contributed by atoms with Crippen molar-refractivity contribution in [2.24, 2.45) is 0 Å². The molecule has 138 valence electrons. The van der Waals surface area contributed by atoms with Crippen molar-refractivity contribution in [3.05, 3.63) is 58.7 Å². The molecular formula is C20H26N3O2S+. The van der Waals surface area contributed by atoms with Crippen molar-refractivity contribution < 1.29 is 14.6 Å². The summed E-state index contributed by atoms with van der Waals surface area (Å²) in [5, 5.41) is 6.49. The van der Waals surface area contributed by atoms with E-state index >= 15 is 0 Å². The first-order valence-corrected chi connectivity index (χ1v) is 8.93. The molecule has 0 heterocycles. The van der Waals surface area contributed by atoms with E-state index < -0.39 is 0 Å². The Bertz CT molecular complexity index is 770. The first-order valence-electron chi connectivity index (χ1n) is 8.52. The van der Waals surface area contributed by atoms with Crippen LogP contribution in [0.25, 0.3) is 0 Å². The van der Waals surface area contributed by atoms with Crippen LogP contribution < -0.4 is 25.3 Å². The van der Waals surface area contributed by atoms with Gasteiger partial charge < -0.3 is 14.8 Å². The molecular weight excluding hydrogens is 346 g/mol. The molecule has 0 aliphatic rings. The van der Waals surface area contributed by atoms with Gasteiger partial charge in [-0.15, -0.1) is 10.5 Å². The number of hydrogen-bond donors (Lipinski definition) is 3. The molecule has 0 unspecified atom stereocenters. The molecule has 0 fully saturated rings. The lowest BCUT2D eigenvalue weighted by Crippen LogP contribution is -2.82. The van der Waals surface area contributed by atoms with Gasteiger partial charge in [0, 0.05) is 12.1 Å². The molecule has 0 aliphatic heterocycles. The van der Waals surface area contributed by atoms with Crippen molar-refractivity contribution in [1.82, 2.24) is 10.7 Å². The standard InChI is InChI=1S/C20H25N3O2S/c1-5-21-20(26)23-22-12-16-6-7-18(19(11-16)24-4)25-13-17-9-14(2)8-15(3)10-17/h6-12H,5,13H2,1-4H3,(H2,21,23,26)/p+1. The fourth-order valence-corrected chi connectivity index (χ4v) is 2.80. The lowest BCUT2D eigenvalue weighted by molar-refractivity contribution is -0.500. The molecule has 0 bridgehead atoms. The van der Waals surface area contributed by atoms with Gasteiger partial charge in [0.25, 0.3) is 0 Å². The maximum absolute atomic E-state index is 5.95. The zero-order chi connectivity index (χ0) is 18.9. The maximum Gasteiger partial charge on any atom is 0.223 e. The molecule has 0 aromatic heterocycles. The first kappa shape index (κ1) is 19.7. The maximum atomic E-state index is 5.95. The SMILES string of the molecule is CCNC(=S)N[NH+]=Cc1ccc(OCc2cc(C)cc(C)c2)c(OC)c1. The van der Waals surface area contributed by atoms with E-state index in [9.17, 15) is 0 Å². The van der Waals surface area contributed by atoms with Crippen LogP contribution in [0.4, 0.5) is 0 Å². The van der Waals surface area contributed by atoms with E-state index in [0.29, 0.717) is 23.2 Å². The van der Waals surface area contributed by atoms with Crippen LogP contribution in [0.5, 0.6) is 11.5 Å². The third kappa shape index (κ3) is 6.04. The first-order chi connectivity index (χ1) is 12.5. The van der Waals surface area contributed by atoms with E-state index in [1.165, 1.54) is 11.1 Å². The van der Waals surface area contributed by atoms with Gasteiger partial charge in [-0.25, -0.2) is 0 Å². The summed E-state index contributed by atoms with van der Waals surface area (Å²) in [7, 11) is 1.63. The average molecular weight is 373 g/mol. The fraction of sp³-hybridized carbons (Fsp3) is 0.300. The Morgan fingerprint density at radius 1 is 1.12 bits per heavy atom. The van der Waals surface area contributed by atoms with Crippen molar-refractivity contribution in [3.8, 4) is 11.5 Å². The lowest BCUT2D eigenvalue weighted by Gasteiger charge is -2.12. The fourth-order valence-electron chi connectivity index (χ4n) is 2.60. The van der Waals surface area contributed by atoms with E-state index in [1.807, 2.05) is 25.1 Å². The average Bonchev–Trinajstić information content (AvgIpc) is 2.60. The number of benzene rings is 2. The summed E-state index contributed by atoms with van der Waals surface area (Å²) in [6, 6.07) is 12.2. The monoisotopic (exact) mass is 372 g/mol. The number of hydrogen-bond acceptors (Lipinski definition) is 3. The molecule has 0 saturated carbocycles. The predicted octanol–water partition coefficient (Wildman–Crippen LogP) is 1.79. The van der Waals surface area contributed by atoms with Gasteiger partial charge in [0.05, 0.1) is 7.11 Å². The number of nitrogens with one attached hydrogen (secondary N) is 3. The van der Waals surface area contributed by atoms with Gasteiger partial charge in [-0.05, 0) is 56.8 Å². The summed E-state index contributed by atoms with van der Waals surface area (Å²) in [6.07, 6.45) is 1.81. The summed E-state index contributed by atoms with van der Waals surface area (Å²) in [5.41, 5.74) is 7.43. The number of aryl methyl sites for hydroxylation is 2. The second kappa shape index (κ2) is 9.77. The molecule has 0 atom stereocenters. The van der Waals surface area contributed by atoms with Crippen molar-refractivity contribution in [1.29, 1.82) is 0 Å². The van der Waals surface area contributed by atoms with E-state index in [0.717, 1.165) is 17.7 Å². The van der Waals surface area contributed by atoms with Crippen LogP contribution in [0.1, 0.15) is 29.2 Å². The van der Waals surface area contributed by atoms with Gasteiger partial charge in [0.1, 0.15) is 6.61 Å². The Morgan fingerprint density at radius 2 is 1.85 bits per heavy atom. The minimum atomic E-state index is 0.499. The summed E-state index contributed by atoms with van der Waals surface area (Å²) in [5.74, 6) is 1.39. The number of rotatable bonds is 7. The van der Waals surface area contributed by atoms with E-state index in [4.69, 9.17) is 21.7 Å². The van der Waals surface area contributed by atoms with Gasteiger partial charge >= 0.3 is 0 Å². The second-order valence-electron chi connectivity index (χ2n) is 5.97. The normalized spacial score (nSPS) is 10.6. The quantitative estimate of drug-likeness (QED) is 0.393. The van der Waals surface area contributed by atoms with E-state index in [1.54, 1.807) is 13.3 Å². The summed E-state index contributed by atoms with van der Waals surface area (Å²) in [4.78, 5) is 0. The molecule has 2 rings (SSSR count). The van der Waals surface area contributed by atoms with Crippen molar-refractivity contribution in [2.45, 2.75) is 27.4 Å². The molecule has 0 radical (unpaired) electrons. The summed E-state index contributed by atoms with van der Waals surface area (Å²) >= 11 is 5.09. The molecule has 3 N–H and O–H groups in total. The second-order valence-corrected chi connectivity index (χ2v) is 6.38. The van der Waals surface area contributed by atoms with Crippen LogP contribution in [0.3, 0.4) is 0 Å². The van der Waals surface area contributed by atoms with Crippen LogP contribution in [0, 0.1) is 13.8 Å². The largest absolute Gasteiger partial charge is 0.493 e. The van der Waals surface area contributed by atoms with E-state index in [2.05, 4.69) is 47.9 Å². The smallest absolute Gasteiger partial charge is 0.223 e. The zero-order valence-electron chi connectivity index (χ0n) is 15.7. The summed E-state index contributed by atoms with van der Waals surface area (Å²) in [6.45, 7) is 7.43. The van der Waals surface area contributed by atoms with Crippen LogP contribution in [-0.2, 0) is 6.61 Å². The molecule has 0 aliphatic carbocycles. The minimum absolute atomic E-state index is 0.499. The van der Waals surface area contributed by atoms with Gasteiger partial charge in [-0.1, -0.05) is 29.3 Å². The lowest BCUT2D eigenvalue weighted by atomic mass is 10.1. The van der Waals surface area contributed by atoms with Crippen LogP contribution in [0.2, 0.25) is 0 Å². The molecule has 6 heteroatoms. The highest BCUT2D eigenvalue weighted by molar-refractivity contribution is 7.80. The summed E-state index contributed by atoms with van der Waals surface area (Å²) < 4.78 is 11.4. The molecule has 2 aromatic carbocycles. The number of thiocarbonyl (C=S) groups is 1. The van der Waals surface area contributed by atoms with Crippen molar-refractivity contribution >= 4 is 23.5 Å². The third-order valence-electron chi connectivity index (χ3n) is 3.63. The Labute approximate surface area is 160 Å². The Kier molecular flexibility index (Phi) is 7.41.